The van der Waals surface area contributed by atoms with Crippen molar-refractivity contribution in [3.63, 3.8) is 0 Å². The molecule has 1 heterocycles. The highest BCUT2D eigenvalue weighted by molar-refractivity contribution is 6.38. The number of nitrogens with one attached hydrogen (secondary N) is 1. The molecular formula is C16H10N2O8. The number of amides is 1. The minimum atomic E-state index is -1.24. The summed E-state index contributed by atoms with van der Waals surface area (Å²) in [6.07, 6.45) is 0. The molecule has 0 radical (unpaired) electrons. The van der Waals surface area contributed by atoms with E-state index < -0.39 is 34.4 Å². The molecule has 1 N–H and O–H groups in total. The van der Waals surface area contributed by atoms with E-state index in [1.807, 2.05) is 0 Å². The van der Waals surface area contributed by atoms with E-state index in [0.717, 1.165) is 6.07 Å². The molecule has 2 aromatic carbocycles. The zero-order valence-corrected chi connectivity index (χ0v) is 13.2. The van der Waals surface area contributed by atoms with Crippen molar-refractivity contribution in [2.45, 2.75) is 6.92 Å². The molecule has 10 heteroatoms. The van der Waals surface area contributed by atoms with Crippen LogP contribution < -0.4 is 5.32 Å². The number of hydrogen-bond donors (Lipinski definition) is 1. The molecule has 10 nitrogen and oxygen atoms in total. The lowest BCUT2D eigenvalue weighted by atomic mass is 9.95. The summed E-state index contributed by atoms with van der Waals surface area (Å²) in [5, 5.41) is 13.6. The van der Waals surface area contributed by atoms with Crippen LogP contribution in [0.5, 0.6) is 0 Å². The molecule has 0 aromatic heterocycles. The number of carbonyl (C=O) groups is 4. The van der Waals surface area contributed by atoms with Gasteiger partial charge < -0.3 is 14.8 Å². The molecule has 2 aromatic rings. The minimum absolute atomic E-state index is 0.0107. The summed E-state index contributed by atoms with van der Waals surface area (Å²) in [7, 11) is 0. The van der Waals surface area contributed by atoms with Gasteiger partial charge >= 0.3 is 29.5 Å². The molecule has 0 saturated carbocycles. The van der Waals surface area contributed by atoms with E-state index in [4.69, 9.17) is 0 Å². The van der Waals surface area contributed by atoms with E-state index in [1.165, 1.54) is 25.1 Å². The van der Waals surface area contributed by atoms with Crippen molar-refractivity contribution in [1.29, 1.82) is 0 Å². The Kier molecular flexibility index (Phi) is 4.08. The summed E-state index contributed by atoms with van der Waals surface area (Å²) in [5.74, 6) is -4.41. The predicted molar refractivity (Wildman–Crippen MR) is 85.6 cm³/mol. The molecule has 0 unspecified atom stereocenters. The van der Waals surface area contributed by atoms with Crippen LogP contribution in [0.3, 0.4) is 0 Å². The van der Waals surface area contributed by atoms with Gasteiger partial charge in [0.15, 0.2) is 0 Å². The Bertz CT molecular complexity index is 1010. The Labute approximate surface area is 144 Å². The number of benzene rings is 2. The second kappa shape index (κ2) is 6.24. The highest BCUT2D eigenvalue weighted by atomic mass is 16.6. The zero-order valence-electron chi connectivity index (χ0n) is 13.2. The van der Waals surface area contributed by atoms with Crippen LogP contribution in [0.4, 0.5) is 11.4 Å². The van der Waals surface area contributed by atoms with E-state index in [2.05, 4.69) is 14.8 Å². The first-order valence-corrected chi connectivity index (χ1v) is 7.33. The standard InChI is InChI=1S/C16H10N2O8/c1-2-25-16(22)13(19)17-10-6-9-11-7(12(10)18(23)24)4-3-5-8(11)14(20)26-15(9)21/h3-6H,2H2,1H3,(H,17,19). The van der Waals surface area contributed by atoms with Gasteiger partial charge in [-0.2, -0.15) is 0 Å². The number of carbonyl (C=O) groups excluding carboxylic acids is 4. The van der Waals surface area contributed by atoms with Gasteiger partial charge in [-0.3, -0.25) is 14.9 Å². The molecular weight excluding hydrogens is 348 g/mol. The van der Waals surface area contributed by atoms with E-state index in [1.54, 1.807) is 0 Å². The van der Waals surface area contributed by atoms with Gasteiger partial charge in [-0.1, -0.05) is 6.07 Å². The zero-order chi connectivity index (χ0) is 19.0. The van der Waals surface area contributed by atoms with E-state index in [-0.39, 0.29) is 34.2 Å². The lowest BCUT2D eigenvalue weighted by Gasteiger charge is -2.17. The molecule has 1 aliphatic rings. The first-order valence-electron chi connectivity index (χ1n) is 7.33. The van der Waals surface area contributed by atoms with Crippen LogP contribution in [0.1, 0.15) is 27.6 Å². The number of nitro benzene ring substituents is 1. The Morgan fingerprint density at radius 1 is 1.23 bits per heavy atom. The molecule has 1 amide bonds. The van der Waals surface area contributed by atoms with Crippen LogP contribution in [0.2, 0.25) is 0 Å². The highest BCUT2D eigenvalue weighted by Crippen LogP contribution is 2.39. The summed E-state index contributed by atoms with van der Waals surface area (Å²) in [5.41, 5.74) is -1.10. The summed E-state index contributed by atoms with van der Waals surface area (Å²) in [6.45, 7) is 1.43. The second-order valence-electron chi connectivity index (χ2n) is 5.16. The molecule has 0 aliphatic carbocycles. The van der Waals surface area contributed by atoms with Gasteiger partial charge in [0.05, 0.1) is 28.0 Å². The van der Waals surface area contributed by atoms with Crippen molar-refractivity contribution in [3.05, 3.63) is 45.5 Å². The molecule has 132 valence electrons. The Hall–Kier alpha value is -3.82. The smallest absolute Gasteiger partial charge is 0.397 e. The average Bonchev–Trinajstić information content (AvgIpc) is 2.58. The number of anilines is 1. The van der Waals surface area contributed by atoms with Crippen molar-refractivity contribution < 1.29 is 33.6 Å². The number of hydrogen-bond acceptors (Lipinski definition) is 8. The highest BCUT2D eigenvalue weighted by Gasteiger charge is 2.33. The number of cyclic esters (lactones) is 2. The number of esters is 3. The lowest BCUT2D eigenvalue weighted by molar-refractivity contribution is -0.382. The molecule has 3 rings (SSSR count). The van der Waals surface area contributed by atoms with Gasteiger partial charge in [-0.15, -0.1) is 0 Å². The van der Waals surface area contributed by atoms with Gasteiger partial charge in [-0.05, 0) is 25.1 Å². The quantitative estimate of drug-likeness (QED) is 0.286. The number of rotatable bonds is 3. The Morgan fingerprint density at radius 3 is 2.58 bits per heavy atom. The third-order valence-corrected chi connectivity index (χ3v) is 3.65. The van der Waals surface area contributed by atoms with E-state index in [0.29, 0.717) is 0 Å². The third-order valence-electron chi connectivity index (χ3n) is 3.65. The first kappa shape index (κ1) is 17.0. The maximum Gasteiger partial charge on any atom is 0.397 e. The molecule has 0 atom stereocenters. The first-order chi connectivity index (χ1) is 12.3. The molecule has 0 bridgehead atoms. The van der Waals surface area contributed by atoms with Crippen LogP contribution in [0.15, 0.2) is 24.3 Å². The van der Waals surface area contributed by atoms with E-state index in [9.17, 15) is 29.3 Å². The molecule has 0 saturated heterocycles. The average molecular weight is 358 g/mol. The normalized spacial score (nSPS) is 12.5. The molecule has 0 fully saturated rings. The predicted octanol–water partition coefficient (Wildman–Crippen LogP) is 1.56. The van der Waals surface area contributed by atoms with Crippen LogP contribution in [-0.4, -0.2) is 35.3 Å². The van der Waals surface area contributed by atoms with Gasteiger partial charge in [0.2, 0.25) is 0 Å². The molecule has 0 spiro atoms. The van der Waals surface area contributed by atoms with Crippen LogP contribution in [0.25, 0.3) is 10.8 Å². The minimum Gasteiger partial charge on any atom is -0.459 e. The molecule has 1 aliphatic heterocycles. The lowest BCUT2D eigenvalue weighted by Crippen LogP contribution is -2.26. The van der Waals surface area contributed by atoms with Gasteiger partial charge in [0, 0.05) is 5.39 Å². The second-order valence-corrected chi connectivity index (χ2v) is 5.16. The fraction of sp³-hybridized carbons (Fsp3) is 0.125. The fourth-order valence-corrected chi connectivity index (χ4v) is 2.66. The fourth-order valence-electron chi connectivity index (χ4n) is 2.66. The largest absolute Gasteiger partial charge is 0.459 e. The van der Waals surface area contributed by atoms with E-state index >= 15 is 0 Å². The summed E-state index contributed by atoms with van der Waals surface area (Å²) < 4.78 is 9.13. The van der Waals surface area contributed by atoms with Gasteiger partial charge in [-0.25, -0.2) is 14.4 Å². The molecule has 26 heavy (non-hydrogen) atoms. The summed E-state index contributed by atoms with van der Waals surface area (Å²) >= 11 is 0. The maximum atomic E-state index is 12.0. The number of nitro groups is 1. The maximum absolute atomic E-state index is 12.0. The van der Waals surface area contributed by atoms with Crippen molar-refractivity contribution >= 4 is 46.0 Å². The van der Waals surface area contributed by atoms with Crippen molar-refractivity contribution in [3.8, 4) is 0 Å². The Balaban J connectivity index is 2.25. The van der Waals surface area contributed by atoms with Gasteiger partial charge in [0.1, 0.15) is 5.69 Å². The number of ether oxygens (including phenoxy) is 2. The van der Waals surface area contributed by atoms with Crippen molar-refractivity contribution in [2.24, 2.45) is 0 Å². The Morgan fingerprint density at radius 2 is 1.92 bits per heavy atom. The van der Waals surface area contributed by atoms with Crippen LogP contribution in [-0.2, 0) is 19.1 Å². The third kappa shape index (κ3) is 2.62. The SMILES string of the molecule is CCOC(=O)C(=O)Nc1cc2c3c(cccc3c1[N+](=O)[O-])C(=O)OC2=O. The van der Waals surface area contributed by atoms with Gasteiger partial charge in [0.25, 0.3) is 0 Å². The topological polar surface area (TPSA) is 142 Å². The summed E-state index contributed by atoms with van der Waals surface area (Å²) in [4.78, 5) is 58.0. The van der Waals surface area contributed by atoms with Crippen LogP contribution >= 0.6 is 0 Å². The number of nitrogens with zero attached hydrogens (tertiary/aromatic N) is 1. The van der Waals surface area contributed by atoms with Crippen molar-refractivity contribution in [2.75, 3.05) is 11.9 Å². The van der Waals surface area contributed by atoms with Crippen LogP contribution in [0, 0.1) is 10.1 Å². The summed E-state index contributed by atoms with van der Waals surface area (Å²) in [6, 6.07) is 5.06. The monoisotopic (exact) mass is 358 g/mol. The van der Waals surface area contributed by atoms with Crippen molar-refractivity contribution in [1.82, 2.24) is 0 Å².